The zero-order valence-electron chi connectivity index (χ0n) is 11.3. The van der Waals surface area contributed by atoms with E-state index in [9.17, 15) is 0 Å². The summed E-state index contributed by atoms with van der Waals surface area (Å²) >= 11 is 5.91. The van der Waals surface area contributed by atoms with Gasteiger partial charge in [0.25, 0.3) is 0 Å². The summed E-state index contributed by atoms with van der Waals surface area (Å²) < 4.78 is 0. The standard InChI is InChI=1S/C16H14ClN3/c1-10-3-5-11(6-4-10)12-7-8-14-13(9-12)15(18-2)20-16(17)19-14/h3-9H,1-2H3,(H,18,19,20). The third-order valence-electron chi connectivity index (χ3n) is 3.29. The van der Waals surface area contributed by atoms with Crippen molar-refractivity contribution in [2.75, 3.05) is 12.4 Å². The van der Waals surface area contributed by atoms with Gasteiger partial charge in [-0.15, -0.1) is 0 Å². The van der Waals surface area contributed by atoms with Gasteiger partial charge in [-0.05, 0) is 41.8 Å². The Kier molecular flexibility index (Phi) is 3.28. The number of hydrogen-bond donors (Lipinski definition) is 1. The van der Waals surface area contributed by atoms with Crippen LogP contribution in [-0.2, 0) is 0 Å². The normalized spacial score (nSPS) is 10.8. The summed E-state index contributed by atoms with van der Waals surface area (Å²) in [5.74, 6) is 0.744. The van der Waals surface area contributed by atoms with Crippen molar-refractivity contribution in [2.45, 2.75) is 6.92 Å². The van der Waals surface area contributed by atoms with Crippen molar-refractivity contribution < 1.29 is 0 Å². The van der Waals surface area contributed by atoms with Gasteiger partial charge in [0.2, 0.25) is 5.28 Å². The second-order valence-electron chi connectivity index (χ2n) is 4.69. The Bertz CT molecular complexity index is 767. The van der Waals surface area contributed by atoms with Gasteiger partial charge in [-0.25, -0.2) is 9.97 Å². The van der Waals surface area contributed by atoms with Crippen molar-refractivity contribution in [1.82, 2.24) is 9.97 Å². The Morgan fingerprint density at radius 1 is 0.950 bits per heavy atom. The average molecular weight is 284 g/mol. The van der Waals surface area contributed by atoms with Crippen LogP contribution in [0.5, 0.6) is 0 Å². The number of benzene rings is 2. The topological polar surface area (TPSA) is 37.8 Å². The molecule has 4 heteroatoms. The van der Waals surface area contributed by atoms with Crippen LogP contribution in [0.2, 0.25) is 5.28 Å². The molecule has 0 aliphatic carbocycles. The molecule has 3 nitrogen and oxygen atoms in total. The molecule has 0 radical (unpaired) electrons. The van der Waals surface area contributed by atoms with Gasteiger partial charge in [-0.3, -0.25) is 0 Å². The van der Waals surface area contributed by atoms with Gasteiger partial charge in [0.1, 0.15) is 5.82 Å². The smallest absolute Gasteiger partial charge is 0.224 e. The van der Waals surface area contributed by atoms with Crippen LogP contribution in [-0.4, -0.2) is 17.0 Å². The maximum absolute atomic E-state index is 5.91. The minimum Gasteiger partial charge on any atom is -0.372 e. The van der Waals surface area contributed by atoms with Gasteiger partial charge in [-0.2, -0.15) is 0 Å². The van der Waals surface area contributed by atoms with E-state index in [4.69, 9.17) is 11.6 Å². The highest BCUT2D eigenvalue weighted by atomic mass is 35.5. The Morgan fingerprint density at radius 3 is 2.35 bits per heavy atom. The summed E-state index contributed by atoms with van der Waals surface area (Å²) in [6.45, 7) is 2.08. The quantitative estimate of drug-likeness (QED) is 0.713. The lowest BCUT2D eigenvalue weighted by molar-refractivity contribution is 1.21. The van der Waals surface area contributed by atoms with Crippen molar-refractivity contribution in [3.63, 3.8) is 0 Å². The Balaban J connectivity index is 2.19. The highest BCUT2D eigenvalue weighted by molar-refractivity contribution is 6.28. The zero-order chi connectivity index (χ0) is 14.1. The predicted octanol–water partition coefficient (Wildman–Crippen LogP) is 4.30. The van der Waals surface area contributed by atoms with Crippen molar-refractivity contribution in [3.05, 3.63) is 53.3 Å². The molecular formula is C16H14ClN3. The molecule has 0 aliphatic rings. The van der Waals surface area contributed by atoms with Gasteiger partial charge in [0.05, 0.1) is 5.52 Å². The molecule has 3 rings (SSSR count). The molecule has 0 amide bonds. The lowest BCUT2D eigenvalue weighted by atomic mass is 10.0. The maximum atomic E-state index is 5.91. The summed E-state index contributed by atoms with van der Waals surface area (Å²) in [6, 6.07) is 14.6. The number of hydrogen-bond acceptors (Lipinski definition) is 3. The number of nitrogens with zero attached hydrogens (tertiary/aromatic N) is 2. The third-order valence-corrected chi connectivity index (χ3v) is 3.46. The molecule has 0 fully saturated rings. The first-order valence-electron chi connectivity index (χ1n) is 6.39. The molecule has 3 aromatic rings. The average Bonchev–Trinajstić information content (AvgIpc) is 2.46. The van der Waals surface area contributed by atoms with Crippen LogP contribution in [0.25, 0.3) is 22.0 Å². The van der Waals surface area contributed by atoms with E-state index < -0.39 is 0 Å². The van der Waals surface area contributed by atoms with Crippen molar-refractivity contribution in [2.24, 2.45) is 0 Å². The van der Waals surface area contributed by atoms with Crippen LogP contribution in [0, 0.1) is 6.92 Å². The number of nitrogens with one attached hydrogen (secondary N) is 1. The minimum absolute atomic E-state index is 0.255. The molecular weight excluding hydrogens is 270 g/mol. The number of anilines is 1. The number of rotatable bonds is 2. The molecule has 0 unspecified atom stereocenters. The van der Waals surface area contributed by atoms with Crippen LogP contribution in [0.15, 0.2) is 42.5 Å². The van der Waals surface area contributed by atoms with E-state index in [-0.39, 0.29) is 5.28 Å². The predicted molar refractivity (Wildman–Crippen MR) is 84.3 cm³/mol. The number of aromatic nitrogens is 2. The Labute approximate surface area is 122 Å². The van der Waals surface area contributed by atoms with Gasteiger partial charge in [0.15, 0.2) is 0 Å². The maximum Gasteiger partial charge on any atom is 0.224 e. The zero-order valence-corrected chi connectivity index (χ0v) is 12.1. The van der Waals surface area contributed by atoms with E-state index in [0.29, 0.717) is 0 Å². The minimum atomic E-state index is 0.255. The molecule has 1 heterocycles. The molecule has 0 spiro atoms. The molecule has 0 atom stereocenters. The fraction of sp³-hybridized carbons (Fsp3) is 0.125. The van der Waals surface area contributed by atoms with Crippen LogP contribution in [0.1, 0.15) is 5.56 Å². The first-order valence-corrected chi connectivity index (χ1v) is 6.77. The van der Waals surface area contributed by atoms with Crippen LogP contribution >= 0.6 is 11.6 Å². The number of halogens is 1. The van der Waals surface area contributed by atoms with Gasteiger partial charge < -0.3 is 5.32 Å². The van der Waals surface area contributed by atoms with E-state index in [0.717, 1.165) is 22.3 Å². The van der Waals surface area contributed by atoms with E-state index in [1.54, 1.807) is 0 Å². The monoisotopic (exact) mass is 283 g/mol. The SMILES string of the molecule is CNc1nc(Cl)nc2ccc(-c3ccc(C)cc3)cc12. The fourth-order valence-corrected chi connectivity index (χ4v) is 2.39. The molecule has 0 bridgehead atoms. The van der Waals surface area contributed by atoms with Crippen molar-refractivity contribution in [3.8, 4) is 11.1 Å². The van der Waals surface area contributed by atoms with E-state index in [2.05, 4.69) is 58.6 Å². The highest BCUT2D eigenvalue weighted by Crippen LogP contribution is 2.28. The van der Waals surface area contributed by atoms with Gasteiger partial charge in [-0.1, -0.05) is 35.9 Å². The van der Waals surface area contributed by atoms with Crippen molar-refractivity contribution in [1.29, 1.82) is 0 Å². The molecule has 0 aliphatic heterocycles. The Hall–Kier alpha value is -2.13. The first kappa shape index (κ1) is 12.9. The summed E-state index contributed by atoms with van der Waals surface area (Å²) in [6.07, 6.45) is 0. The molecule has 20 heavy (non-hydrogen) atoms. The van der Waals surface area contributed by atoms with E-state index in [1.807, 2.05) is 13.1 Å². The molecule has 0 saturated heterocycles. The summed E-state index contributed by atoms with van der Waals surface area (Å²) in [5.41, 5.74) is 4.40. The summed E-state index contributed by atoms with van der Waals surface area (Å²) in [5, 5.41) is 4.29. The lowest BCUT2D eigenvalue weighted by Gasteiger charge is -2.08. The highest BCUT2D eigenvalue weighted by Gasteiger charge is 2.07. The van der Waals surface area contributed by atoms with E-state index in [1.165, 1.54) is 11.1 Å². The summed E-state index contributed by atoms with van der Waals surface area (Å²) in [4.78, 5) is 8.46. The molecule has 100 valence electrons. The molecule has 0 saturated carbocycles. The third kappa shape index (κ3) is 2.32. The molecule has 1 aromatic heterocycles. The van der Waals surface area contributed by atoms with Gasteiger partial charge in [0, 0.05) is 12.4 Å². The van der Waals surface area contributed by atoms with E-state index >= 15 is 0 Å². The van der Waals surface area contributed by atoms with Crippen LogP contribution in [0.3, 0.4) is 0 Å². The number of fused-ring (bicyclic) bond motifs is 1. The fourth-order valence-electron chi connectivity index (χ4n) is 2.22. The number of aryl methyl sites for hydroxylation is 1. The second-order valence-corrected chi connectivity index (χ2v) is 5.03. The van der Waals surface area contributed by atoms with Crippen LogP contribution in [0.4, 0.5) is 5.82 Å². The van der Waals surface area contributed by atoms with Crippen molar-refractivity contribution >= 4 is 28.3 Å². The lowest BCUT2D eigenvalue weighted by Crippen LogP contribution is -1.96. The largest absolute Gasteiger partial charge is 0.372 e. The second kappa shape index (κ2) is 5.10. The van der Waals surface area contributed by atoms with Gasteiger partial charge >= 0.3 is 0 Å². The molecule has 2 aromatic carbocycles. The molecule has 1 N–H and O–H groups in total. The first-order chi connectivity index (χ1) is 9.67. The Morgan fingerprint density at radius 2 is 1.65 bits per heavy atom. The van der Waals surface area contributed by atoms with Crippen LogP contribution < -0.4 is 5.32 Å². The summed E-state index contributed by atoms with van der Waals surface area (Å²) in [7, 11) is 1.83.